The second kappa shape index (κ2) is 6.95. The van der Waals surface area contributed by atoms with Crippen LogP contribution in [0.5, 0.6) is 0 Å². The van der Waals surface area contributed by atoms with E-state index in [9.17, 15) is 18.8 Å². The lowest BCUT2D eigenvalue weighted by Gasteiger charge is -2.20. The van der Waals surface area contributed by atoms with Crippen molar-refractivity contribution in [3.05, 3.63) is 70.0 Å². The molecule has 6 heteroatoms. The lowest BCUT2D eigenvalue weighted by Crippen LogP contribution is -2.32. The first-order valence-corrected chi connectivity index (χ1v) is 9.04. The van der Waals surface area contributed by atoms with E-state index in [4.69, 9.17) is 4.84 Å². The topological polar surface area (TPSA) is 63.7 Å². The second-order valence-corrected chi connectivity index (χ2v) is 6.78. The van der Waals surface area contributed by atoms with Gasteiger partial charge in [-0.1, -0.05) is 23.3 Å². The molecule has 0 aromatic heterocycles. The van der Waals surface area contributed by atoms with E-state index in [1.54, 1.807) is 18.2 Å². The van der Waals surface area contributed by atoms with Crippen molar-refractivity contribution >= 4 is 17.8 Å². The fraction of sp³-hybridized carbons (Fsp3) is 0.286. The lowest BCUT2D eigenvalue weighted by molar-refractivity contribution is -0.168. The quantitative estimate of drug-likeness (QED) is 0.777. The summed E-state index contributed by atoms with van der Waals surface area (Å²) in [5.41, 5.74) is 3.10. The molecule has 138 valence electrons. The number of imide groups is 1. The predicted octanol–water partition coefficient (Wildman–Crippen LogP) is 3.39. The molecule has 1 aliphatic carbocycles. The molecule has 2 aromatic rings. The molecule has 0 saturated carbocycles. The third-order valence-electron chi connectivity index (χ3n) is 5.12. The van der Waals surface area contributed by atoms with Gasteiger partial charge in [-0.05, 0) is 67.0 Å². The molecule has 0 N–H and O–H groups in total. The average Bonchev–Trinajstić information content (AvgIpc) is 2.93. The van der Waals surface area contributed by atoms with Crippen LogP contribution in [0.2, 0.25) is 0 Å². The van der Waals surface area contributed by atoms with Crippen molar-refractivity contribution in [1.82, 2.24) is 5.06 Å². The number of aryl methyl sites for hydroxylation is 1. The third kappa shape index (κ3) is 3.12. The number of carbonyl (C=O) groups excluding carboxylic acids is 3. The zero-order chi connectivity index (χ0) is 19.0. The summed E-state index contributed by atoms with van der Waals surface area (Å²) in [5.74, 6) is -2.13. The van der Waals surface area contributed by atoms with Crippen LogP contribution in [0.4, 0.5) is 4.39 Å². The molecule has 0 spiro atoms. The van der Waals surface area contributed by atoms with Crippen molar-refractivity contribution in [3.63, 3.8) is 0 Å². The summed E-state index contributed by atoms with van der Waals surface area (Å²) in [5, 5.41) is 0.521. The van der Waals surface area contributed by atoms with Crippen LogP contribution in [0, 0.1) is 5.82 Å². The highest BCUT2D eigenvalue weighted by molar-refractivity contribution is 6.20. The highest BCUT2D eigenvalue weighted by Gasteiger charge is 2.38. The average molecular weight is 367 g/mol. The van der Waals surface area contributed by atoms with E-state index >= 15 is 0 Å². The van der Waals surface area contributed by atoms with Gasteiger partial charge in [0.25, 0.3) is 11.8 Å². The number of hydrogen-bond acceptors (Lipinski definition) is 4. The maximum Gasteiger partial charge on any atom is 0.333 e. The highest BCUT2D eigenvalue weighted by Crippen LogP contribution is 2.28. The predicted molar refractivity (Wildman–Crippen MR) is 94.4 cm³/mol. The number of carbonyl (C=O) groups is 3. The van der Waals surface area contributed by atoms with Gasteiger partial charge in [0.15, 0.2) is 0 Å². The Kier molecular flexibility index (Phi) is 4.48. The molecule has 4 rings (SSSR count). The van der Waals surface area contributed by atoms with Crippen LogP contribution in [0.15, 0.2) is 36.4 Å². The largest absolute Gasteiger partial charge is 0.333 e. The summed E-state index contributed by atoms with van der Waals surface area (Å²) in [7, 11) is 0. The van der Waals surface area contributed by atoms with Crippen molar-refractivity contribution < 1.29 is 23.6 Å². The second-order valence-electron chi connectivity index (χ2n) is 6.78. The molecule has 2 aromatic carbocycles. The van der Waals surface area contributed by atoms with Crippen molar-refractivity contribution in [3.8, 4) is 0 Å². The minimum Gasteiger partial charge on any atom is -0.330 e. The van der Waals surface area contributed by atoms with Crippen LogP contribution in [0.1, 0.15) is 56.7 Å². The molecule has 1 heterocycles. The van der Waals surface area contributed by atoms with E-state index in [0.717, 1.165) is 36.0 Å². The number of nitrogens with zero attached hydrogens (tertiary/aromatic N) is 1. The van der Waals surface area contributed by atoms with Gasteiger partial charge < -0.3 is 4.84 Å². The Morgan fingerprint density at radius 2 is 1.59 bits per heavy atom. The monoisotopic (exact) mass is 367 g/mol. The molecule has 0 atom stereocenters. The molecule has 0 fully saturated rings. The van der Waals surface area contributed by atoms with Crippen molar-refractivity contribution in [2.24, 2.45) is 0 Å². The van der Waals surface area contributed by atoms with Crippen molar-refractivity contribution in [2.45, 2.75) is 38.5 Å². The fourth-order valence-corrected chi connectivity index (χ4v) is 3.77. The molecule has 0 saturated heterocycles. The SMILES string of the molecule is O=C(CCc1ccc(F)c2c1CCCC2)ON1C(=O)c2ccccc2C1=O. The van der Waals surface area contributed by atoms with Gasteiger partial charge >= 0.3 is 5.97 Å². The van der Waals surface area contributed by atoms with Gasteiger partial charge in [0, 0.05) is 0 Å². The van der Waals surface area contributed by atoms with E-state index in [-0.39, 0.29) is 23.4 Å². The van der Waals surface area contributed by atoms with Crippen LogP contribution in [0.3, 0.4) is 0 Å². The van der Waals surface area contributed by atoms with Crippen LogP contribution < -0.4 is 0 Å². The van der Waals surface area contributed by atoms with Gasteiger partial charge in [0.1, 0.15) is 5.82 Å². The van der Waals surface area contributed by atoms with Gasteiger partial charge in [0.2, 0.25) is 0 Å². The standard InChI is InChI=1S/C21H18FNO4/c22-18-11-9-13(14-5-1-2-6-15(14)18)10-12-19(24)27-23-20(25)16-7-3-4-8-17(16)21(23)26/h3-4,7-9,11H,1-2,5-6,10,12H2. The molecule has 0 radical (unpaired) electrons. The van der Waals surface area contributed by atoms with Crippen molar-refractivity contribution in [1.29, 1.82) is 0 Å². The number of benzene rings is 2. The molecule has 27 heavy (non-hydrogen) atoms. The van der Waals surface area contributed by atoms with Crippen LogP contribution in [-0.2, 0) is 28.9 Å². The summed E-state index contributed by atoms with van der Waals surface area (Å²) >= 11 is 0. The van der Waals surface area contributed by atoms with Crippen LogP contribution in [0.25, 0.3) is 0 Å². The van der Waals surface area contributed by atoms with E-state index in [0.29, 0.717) is 17.9 Å². The number of amides is 2. The number of halogens is 1. The smallest absolute Gasteiger partial charge is 0.330 e. The van der Waals surface area contributed by atoms with E-state index in [1.807, 2.05) is 0 Å². The van der Waals surface area contributed by atoms with Gasteiger partial charge in [-0.15, -0.1) is 0 Å². The minimum absolute atomic E-state index is 0.00543. The summed E-state index contributed by atoms with van der Waals surface area (Å²) in [6.07, 6.45) is 3.87. The molecule has 0 unspecified atom stereocenters. The fourth-order valence-electron chi connectivity index (χ4n) is 3.77. The first kappa shape index (κ1) is 17.4. The Balaban J connectivity index is 1.43. The Bertz CT molecular complexity index is 918. The highest BCUT2D eigenvalue weighted by atomic mass is 19.1. The number of rotatable bonds is 4. The number of hydrogen-bond donors (Lipinski definition) is 0. The van der Waals surface area contributed by atoms with E-state index in [2.05, 4.69) is 0 Å². The number of hydroxylamine groups is 2. The third-order valence-corrected chi connectivity index (χ3v) is 5.12. The zero-order valence-corrected chi connectivity index (χ0v) is 14.7. The molecule has 2 amide bonds. The van der Waals surface area contributed by atoms with Crippen molar-refractivity contribution in [2.75, 3.05) is 0 Å². The molecule has 5 nitrogen and oxygen atoms in total. The van der Waals surface area contributed by atoms with E-state index < -0.39 is 17.8 Å². The van der Waals surface area contributed by atoms with Crippen LogP contribution in [-0.4, -0.2) is 22.8 Å². The molecule has 2 aliphatic rings. The summed E-state index contributed by atoms with van der Waals surface area (Å²) in [6, 6.07) is 9.48. The summed E-state index contributed by atoms with van der Waals surface area (Å²) < 4.78 is 14.0. The van der Waals surface area contributed by atoms with Gasteiger partial charge in [-0.25, -0.2) is 9.18 Å². The van der Waals surface area contributed by atoms with Gasteiger partial charge in [0.05, 0.1) is 17.5 Å². The first-order chi connectivity index (χ1) is 13.1. The minimum atomic E-state index is -0.668. The maximum atomic E-state index is 14.0. The molecule has 1 aliphatic heterocycles. The Hall–Kier alpha value is -3.02. The number of fused-ring (bicyclic) bond motifs is 2. The zero-order valence-electron chi connectivity index (χ0n) is 14.7. The molecule has 0 bridgehead atoms. The Labute approximate surface area is 155 Å². The Morgan fingerprint density at radius 1 is 0.963 bits per heavy atom. The maximum absolute atomic E-state index is 14.0. The molecular weight excluding hydrogens is 349 g/mol. The van der Waals surface area contributed by atoms with Gasteiger partial charge in [-0.3, -0.25) is 9.59 Å². The van der Waals surface area contributed by atoms with E-state index in [1.165, 1.54) is 18.2 Å². The molecular formula is C21H18FNO4. The summed E-state index contributed by atoms with van der Waals surface area (Å²) in [6.45, 7) is 0. The van der Waals surface area contributed by atoms with Gasteiger partial charge in [-0.2, -0.15) is 0 Å². The first-order valence-electron chi connectivity index (χ1n) is 9.04. The normalized spacial score (nSPS) is 15.5. The Morgan fingerprint density at radius 3 is 2.26 bits per heavy atom. The summed E-state index contributed by atoms with van der Waals surface area (Å²) in [4.78, 5) is 41.7. The lowest BCUT2D eigenvalue weighted by atomic mass is 9.86. The van der Waals surface area contributed by atoms with Crippen LogP contribution >= 0.6 is 0 Å².